The lowest BCUT2D eigenvalue weighted by Gasteiger charge is -2.16. The fraction of sp³-hybridized carbons (Fsp3) is 1.00. The van der Waals surface area contributed by atoms with Crippen molar-refractivity contribution in [2.75, 3.05) is 13.2 Å². The average molecular weight is 117 g/mol. The SMILES string of the molecule is C.NC1CCOCC1. The van der Waals surface area contributed by atoms with Crippen molar-refractivity contribution in [3.8, 4) is 0 Å². The molecule has 0 radical (unpaired) electrons. The predicted octanol–water partition coefficient (Wildman–Crippen LogP) is 0.760. The van der Waals surface area contributed by atoms with Crippen LogP contribution in [0, 0.1) is 0 Å². The molecule has 2 heteroatoms. The lowest BCUT2D eigenvalue weighted by Crippen LogP contribution is -2.28. The molecule has 0 amide bonds. The maximum Gasteiger partial charge on any atom is 0.0480 e. The Bertz CT molecular complexity index is 50.5. The van der Waals surface area contributed by atoms with Crippen LogP contribution < -0.4 is 5.73 Å². The minimum Gasteiger partial charge on any atom is -0.381 e. The van der Waals surface area contributed by atoms with Gasteiger partial charge in [-0.25, -0.2) is 0 Å². The average Bonchev–Trinajstić information content (AvgIpc) is 1.69. The van der Waals surface area contributed by atoms with Gasteiger partial charge in [-0.05, 0) is 12.8 Å². The first-order chi connectivity index (χ1) is 3.39. The quantitative estimate of drug-likeness (QED) is 0.508. The van der Waals surface area contributed by atoms with Gasteiger partial charge in [0.2, 0.25) is 0 Å². The molecule has 0 aromatic heterocycles. The molecular weight excluding hydrogens is 102 g/mol. The van der Waals surface area contributed by atoms with Crippen LogP contribution in [0.3, 0.4) is 0 Å². The number of hydrogen-bond acceptors (Lipinski definition) is 2. The van der Waals surface area contributed by atoms with E-state index in [4.69, 9.17) is 10.5 Å². The molecule has 0 atom stereocenters. The van der Waals surface area contributed by atoms with E-state index >= 15 is 0 Å². The van der Waals surface area contributed by atoms with Crippen molar-refractivity contribution < 1.29 is 4.74 Å². The molecule has 1 heterocycles. The molecule has 0 aromatic rings. The van der Waals surface area contributed by atoms with E-state index in [1.165, 1.54) is 0 Å². The van der Waals surface area contributed by atoms with Gasteiger partial charge in [-0.1, -0.05) is 7.43 Å². The number of hydrogen-bond donors (Lipinski definition) is 1. The fourth-order valence-electron chi connectivity index (χ4n) is 0.716. The molecule has 0 unspecified atom stereocenters. The van der Waals surface area contributed by atoms with Gasteiger partial charge in [0.1, 0.15) is 0 Å². The largest absolute Gasteiger partial charge is 0.381 e. The molecule has 50 valence electrons. The fourth-order valence-corrected chi connectivity index (χ4v) is 0.716. The van der Waals surface area contributed by atoms with Gasteiger partial charge in [0.05, 0.1) is 0 Å². The molecule has 0 spiro atoms. The first-order valence-corrected chi connectivity index (χ1v) is 2.73. The van der Waals surface area contributed by atoms with E-state index in [0.29, 0.717) is 6.04 Å². The zero-order valence-corrected chi connectivity index (χ0v) is 4.39. The van der Waals surface area contributed by atoms with Crippen molar-refractivity contribution >= 4 is 0 Å². The minimum absolute atomic E-state index is 0. The van der Waals surface area contributed by atoms with Gasteiger partial charge in [-0.2, -0.15) is 0 Å². The molecule has 0 saturated carbocycles. The van der Waals surface area contributed by atoms with Crippen LogP contribution in [0.5, 0.6) is 0 Å². The molecule has 1 aliphatic heterocycles. The maximum absolute atomic E-state index is 5.55. The molecule has 0 aromatic carbocycles. The van der Waals surface area contributed by atoms with Crippen LogP contribution in [0.15, 0.2) is 0 Å². The third-order valence-electron chi connectivity index (χ3n) is 1.27. The Hall–Kier alpha value is -0.0800. The highest BCUT2D eigenvalue weighted by molar-refractivity contribution is 4.63. The van der Waals surface area contributed by atoms with Crippen LogP contribution in [0.2, 0.25) is 0 Å². The third kappa shape index (κ3) is 2.28. The van der Waals surface area contributed by atoms with Crippen LogP contribution in [0.4, 0.5) is 0 Å². The summed E-state index contributed by atoms with van der Waals surface area (Å²) in [6.45, 7) is 1.72. The lowest BCUT2D eigenvalue weighted by atomic mass is 10.1. The highest BCUT2D eigenvalue weighted by Crippen LogP contribution is 2.01. The van der Waals surface area contributed by atoms with E-state index in [1.807, 2.05) is 0 Å². The summed E-state index contributed by atoms with van der Waals surface area (Å²) in [6.07, 6.45) is 2.08. The summed E-state index contributed by atoms with van der Waals surface area (Å²) < 4.78 is 5.06. The van der Waals surface area contributed by atoms with Gasteiger partial charge in [-0.3, -0.25) is 0 Å². The summed E-state index contributed by atoms with van der Waals surface area (Å²) in [6, 6.07) is 0.411. The summed E-state index contributed by atoms with van der Waals surface area (Å²) in [5, 5.41) is 0. The van der Waals surface area contributed by atoms with Gasteiger partial charge >= 0.3 is 0 Å². The Morgan fingerprint density at radius 1 is 1.25 bits per heavy atom. The number of ether oxygens (including phenoxy) is 1. The molecule has 0 bridgehead atoms. The Balaban J connectivity index is 0.000000490. The summed E-state index contributed by atoms with van der Waals surface area (Å²) in [4.78, 5) is 0. The number of nitrogens with two attached hydrogens (primary N) is 1. The predicted molar refractivity (Wildman–Crippen MR) is 34.8 cm³/mol. The van der Waals surface area contributed by atoms with Gasteiger partial charge in [-0.15, -0.1) is 0 Å². The van der Waals surface area contributed by atoms with Gasteiger partial charge in [0, 0.05) is 19.3 Å². The van der Waals surface area contributed by atoms with Gasteiger partial charge in [0.15, 0.2) is 0 Å². The van der Waals surface area contributed by atoms with Crippen LogP contribution in [-0.2, 0) is 4.74 Å². The molecule has 1 saturated heterocycles. The minimum atomic E-state index is 0. The van der Waals surface area contributed by atoms with Crippen LogP contribution >= 0.6 is 0 Å². The van der Waals surface area contributed by atoms with Gasteiger partial charge in [0.25, 0.3) is 0 Å². The number of rotatable bonds is 0. The van der Waals surface area contributed by atoms with Gasteiger partial charge < -0.3 is 10.5 Å². The highest BCUT2D eigenvalue weighted by Gasteiger charge is 2.06. The molecule has 2 nitrogen and oxygen atoms in total. The molecule has 0 aliphatic carbocycles. The van der Waals surface area contributed by atoms with Crippen molar-refractivity contribution in [1.82, 2.24) is 0 Å². The first-order valence-electron chi connectivity index (χ1n) is 2.73. The smallest absolute Gasteiger partial charge is 0.0480 e. The second-order valence-corrected chi connectivity index (χ2v) is 1.95. The first kappa shape index (κ1) is 7.92. The van der Waals surface area contributed by atoms with Crippen molar-refractivity contribution in [3.05, 3.63) is 0 Å². The monoisotopic (exact) mass is 117 g/mol. The highest BCUT2D eigenvalue weighted by atomic mass is 16.5. The standard InChI is InChI=1S/C5H11NO.CH4/c6-5-1-3-7-4-2-5;/h5H,1-4,6H2;1H4. The van der Waals surface area contributed by atoms with Crippen LogP contribution in [-0.4, -0.2) is 19.3 Å². The summed E-state index contributed by atoms with van der Waals surface area (Å²) in [7, 11) is 0. The Morgan fingerprint density at radius 2 is 1.75 bits per heavy atom. The lowest BCUT2D eigenvalue weighted by molar-refractivity contribution is 0.0866. The van der Waals surface area contributed by atoms with E-state index in [9.17, 15) is 0 Å². The van der Waals surface area contributed by atoms with Crippen molar-refractivity contribution in [2.24, 2.45) is 5.73 Å². The van der Waals surface area contributed by atoms with E-state index in [0.717, 1.165) is 26.1 Å². The van der Waals surface area contributed by atoms with Crippen molar-refractivity contribution in [3.63, 3.8) is 0 Å². The Labute approximate surface area is 51.0 Å². The van der Waals surface area contributed by atoms with Crippen LogP contribution in [0.1, 0.15) is 20.3 Å². The van der Waals surface area contributed by atoms with E-state index < -0.39 is 0 Å². The summed E-state index contributed by atoms with van der Waals surface area (Å²) in [5.74, 6) is 0. The normalized spacial score (nSPS) is 22.1. The van der Waals surface area contributed by atoms with E-state index in [-0.39, 0.29) is 7.43 Å². The van der Waals surface area contributed by atoms with E-state index in [2.05, 4.69) is 0 Å². The Morgan fingerprint density at radius 3 is 2.00 bits per heavy atom. The van der Waals surface area contributed by atoms with Crippen LogP contribution in [0.25, 0.3) is 0 Å². The zero-order valence-electron chi connectivity index (χ0n) is 4.39. The zero-order chi connectivity index (χ0) is 5.11. The third-order valence-corrected chi connectivity index (χ3v) is 1.27. The summed E-state index contributed by atoms with van der Waals surface area (Å²) >= 11 is 0. The Kier molecular flexibility index (Phi) is 3.83. The molecule has 1 fully saturated rings. The van der Waals surface area contributed by atoms with E-state index in [1.54, 1.807) is 0 Å². The maximum atomic E-state index is 5.55. The molecule has 2 N–H and O–H groups in total. The molecule has 1 rings (SSSR count). The summed E-state index contributed by atoms with van der Waals surface area (Å²) in [5.41, 5.74) is 5.55. The molecular formula is C6H15NO. The topological polar surface area (TPSA) is 35.2 Å². The van der Waals surface area contributed by atoms with Crippen molar-refractivity contribution in [1.29, 1.82) is 0 Å². The second-order valence-electron chi connectivity index (χ2n) is 1.95. The van der Waals surface area contributed by atoms with Crippen molar-refractivity contribution in [2.45, 2.75) is 26.3 Å². The second kappa shape index (κ2) is 3.87. The molecule has 8 heavy (non-hydrogen) atoms. The molecule has 1 aliphatic rings.